The molecule has 1 aromatic heterocycles. The molecule has 0 amide bonds. The van der Waals surface area contributed by atoms with Gasteiger partial charge < -0.3 is 10.4 Å². The van der Waals surface area contributed by atoms with Gasteiger partial charge in [-0.1, -0.05) is 33.1 Å². The number of rotatable bonds is 10. The van der Waals surface area contributed by atoms with Gasteiger partial charge in [-0.15, -0.1) is 11.3 Å². The van der Waals surface area contributed by atoms with Crippen molar-refractivity contribution in [3.63, 3.8) is 0 Å². The van der Waals surface area contributed by atoms with Crippen LogP contribution in [0.3, 0.4) is 0 Å². The number of anilines is 1. The van der Waals surface area contributed by atoms with E-state index in [1.54, 1.807) is 11.3 Å². The van der Waals surface area contributed by atoms with Gasteiger partial charge in [0.1, 0.15) is 0 Å². The molecule has 0 aromatic carbocycles. The molecule has 19 heavy (non-hydrogen) atoms. The van der Waals surface area contributed by atoms with E-state index in [9.17, 15) is 4.79 Å². The van der Waals surface area contributed by atoms with Crippen molar-refractivity contribution >= 4 is 22.4 Å². The fourth-order valence-electron chi connectivity index (χ4n) is 1.99. The molecule has 108 valence electrons. The fourth-order valence-corrected chi connectivity index (χ4v) is 2.81. The Hall–Kier alpha value is -1.10. The van der Waals surface area contributed by atoms with Crippen LogP contribution in [0.4, 0.5) is 5.13 Å². The molecule has 0 fully saturated rings. The number of aromatic nitrogens is 1. The Kier molecular flexibility index (Phi) is 7.48. The van der Waals surface area contributed by atoms with E-state index in [4.69, 9.17) is 5.11 Å². The van der Waals surface area contributed by atoms with Gasteiger partial charge in [-0.05, 0) is 12.8 Å². The Morgan fingerprint density at radius 3 is 2.84 bits per heavy atom. The van der Waals surface area contributed by atoms with Crippen LogP contribution in [0.15, 0.2) is 5.38 Å². The second-order valence-electron chi connectivity index (χ2n) is 4.81. The number of nitrogens with zero attached hydrogens (tertiary/aromatic N) is 1. The van der Waals surface area contributed by atoms with Crippen molar-refractivity contribution in [2.24, 2.45) is 0 Å². The highest BCUT2D eigenvalue weighted by molar-refractivity contribution is 7.13. The molecule has 2 N–H and O–H groups in total. The second-order valence-corrected chi connectivity index (χ2v) is 5.67. The average Bonchev–Trinajstić information content (AvgIpc) is 2.81. The quantitative estimate of drug-likeness (QED) is 0.683. The first kappa shape index (κ1) is 16.0. The van der Waals surface area contributed by atoms with Crippen molar-refractivity contribution in [2.75, 3.05) is 5.32 Å². The zero-order valence-electron chi connectivity index (χ0n) is 11.8. The monoisotopic (exact) mass is 284 g/mol. The molecule has 0 aliphatic heterocycles. The standard InChI is InChI=1S/C14H24N2O2S/c1-3-5-7-11(6-4-2)15-14-16-12(10-19-14)8-9-13(17)18/h10-11H,3-9H2,1-2H3,(H,15,16)(H,17,18). The van der Waals surface area contributed by atoms with Gasteiger partial charge in [0, 0.05) is 17.8 Å². The number of nitrogens with one attached hydrogen (secondary N) is 1. The van der Waals surface area contributed by atoms with Crippen molar-refractivity contribution in [1.29, 1.82) is 0 Å². The lowest BCUT2D eigenvalue weighted by Crippen LogP contribution is -2.19. The molecule has 0 bridgehead atoms. The smallest absolute Gasteiger partial charge is 0.303 e. The Bertz CT molecular complexity index is 379. The fraction of sp³-hybridized carbons (Fsp3) is 0.714. The Balaban J connectivity index is 2.47. The summed E-state index contributed by atoms with van der Waals surface area (Å²) in [7, 11) is 0. The first-order valence-electron chi connectivity index (χ1n) is 7.08. The van der Waals surface area contributed by atoms with E-state index >= 15 is 0 Å². The summed E-state index contributed by atoms with van der Waals surface area (Å²) in [5.74, 6) is -0.769. The molecule has 0 spiro atoms. The Morgan fingerprint density at radius 2 is 2.21 bits per heavy atom. The molecular formula is C14H24N2O2S. The predicted molar refractivity (Wildman–Crippen MR) is 79.9 cm³/mol. The number of carbonyl (C=O) groups is 1. The van der Waals surface area contributed by atoms with E-state index in [0.29, 0.717) is 12.5 Å². The van der Waals surface area contributed by atoms with Gasteiger partial charge in [0.15, 0.2) is 5.13 Å². The molecule has 5 heteroatoms. The largest absolute Gasteiger partial charge is 0.481 e. The number of carboxylic acids is 1. The summed E-state index contributed by atoms with van der Waals surface area (Å²) in [5, 5.41) is 15.0. The number of aliphatic carboxylic acids is 1. The van der Waals surface area contributed by atoms with E-state index in [1.165, 1.54) is 25.7 Å². The van der Waals surface area contributed by atoms with Crippen LogP contribution < -0.4 is 5.32 Å². The lowest BCUT2D eigenvalue weighted by molar-refractivity contribution is -0.136. The van der Waals surface area contributed by atoms with Crippen LogP contribution in [0.25, 0.3) is 0 Å². The summed E-state index contributed by atoms with van der Waals surface area (Å²) < 4.78 is 0. The summed E-state index contributed by atoms with van der Waals surface area (Å²) in [6.45, 7) is 4.40. The summed E-state index contributed by atoms with van der Waals surface area (Å²) in [6.07, 6.45) is 6.61. The Morgan fingerprint density at radius 1 is 1.42 bits per heavy atom. The molecule has 0 aliphatic carbocycles. The second kappa shape index (κ2) is 8.91. The van der Waals surface area contributed by atoms with Crippen LogP contribution in [0.5, 0.6) is 0 Å². The van der Waals surface area contributed by atoms with Crippen molar-refractivity contribution in [3.8, 4) is 0 Å². The van der Waals surface area contributed by atoms with Gasteiger partial charge >= 0.3 is 5.97 Å². The molecule has 1 unspecified atom stereocenters. The number of thiazole rings is 1. The molecule has 1 atom stereocenters. The van der Waals surface area contributed by atoms with E-state index in [-0.39, 0.29) is 6.42 Å². The molecule has 0 radical (unpaired) electrons. The van der Waals surface area contributed by atoms with Crippen LogP contribution in [0.1, 0.15) is 58.1 Å². The summed E-state index contributed by atoms with van der Waals surface area (Å²) in [5.41, 5.74) is 0.876. The van der Waals surface area contributed by atoms with Gasteiger partial charge in [-0.3, -0.25) is 4.79 Å². The van der Waals surface area contributed by atoms with Crippen LogP contribution >= 0.6 is 11.3 Å². The average molecular weight is 284 g/mol. The zero-order chi connectivity index (χ0) is 14.1. The maximum absolute atomic E-state index is 10.5. The lowest BCUT2D eigenvalue weighted by atomic mass is 10.1. The molecule has 0 saturated carbocycles. The minimum Gasteiger partial charge on any atom is -0.481 e. The van der Waals surface area contributed by atoms with Gasteiger partial charge in [0.05, 0.1) is 12.1 Å². The first-order chi connectivity index (χ1) is 9.15. The lowest BCUT2D eigenvalue weighted by Gasteiger charge is -2.16. The van der Waals surface area contributed by atoms with Crippen molar-refractivity contribution in [1.82, 2.24) is 4.98 Å². The molecular weight excluding hydrogens is 260 g/mol. The van der Waals surface area contributed by atoms with E-state index < -0.39 is 5.97 Å². The number of unbranched alkanes of at least 4 members (excludes halogenated alkanes) is 1. The van der Waals surface area contributed by atoms with Crippen LogP contribution in [0.2, 0.25) is 0 Å². The third-order valence-corrected chi connectivity index (χ3v) is 3.84. The highest BCUT2D eigenvalue weighted by atomic mass is 32.1. The molecule has 1 rings (SSSR count). The summed E-state index contributed by atoms with van der Waals surface area (Å²) >= 11 is 1.57. The molecule has 1 aromatic rings. The van der Waals surface area contributed by atoms with E-state index in [1.807, 2.05) is 5.38 Å². The minimum absolute atomic E-state index is 0.150. The van der Waals surface area contributed by atoms with Gasteiger partial charge in [-0.25, -0.2) is 4.98 Å². The Labute approximate surface area is 119 Å². The third kappa shape index (κ3) is 6.57. The SMILES string of the molecule is CCCCC(CCC)Nc1nc(CCC(=O)O)cs1. The molecule has 1 heterocycles. The highest BCUT2D eigenvalue weighted by Crippen LogP contribution is 2.20. The maximum atomic E-state index is 10.5. The number of carboxylic acid groups (broad SMARTS) is 1. The van der Waals surface area contributed by atoms with E-state index in [2.05, 4.69) is 24.1 Å². The first-order valence-corrected chi connectivity index (χ1v) is 7.96. The number of hydrogen-bond acceptors (Lipinski definition) is 4. The van der Waals surface area contributed by atoms with Crippen molar-refractivity contribution < 1.29 is 9.90 Å². The normalized spacial score (nSPS) is 12.3. The maximum Gasteiger partial charge on any atom is 0.303 e. The number of hydrogen-bond donors (Lipinski definition) is 2. The minimum atomic E-state index is -0.769. The summed E-state index contributed by atoms with van der Waals surface area (Å²) in [4.78, 5) is 15.0. The molecule has 0 aliphatic rings. The van der Waals surface area contributed by atoms with Gasteiger partial charge in [0.25, 0.3) is 0 Å². The van der Waals surface area contributed by atoms with Gasteiger partial charge in [0.2, 0.25) is 0 Å². The van der Waals surface area contributed by atoms with Crippen molar-refractivity contribution in [2.45, 2.75) is 64.8 Å². The van der Waals surface area contributed by atoms with Crippen LogP contribution in [-0.2, 0) is 11.2 Å². The number of aryl methyl sites for hydroxylation is 1. The molecule has 0 saturated heterocycles. The third-order valence-electron chi connectivity index (χ3n) is 3.02. The van der Waals surface area contributed by atoms with Gasteiger partial charge in [-0.2, -0.15) is 0 Å². The van der Waals surface area contributed by atoms with E-state index in [0.717, 1.165) is 17.2 Å². The van der Waals surface area contributed by atoms with Crippen molar-refractivity contribution in [3.05, 3.63) is 11.1 Å². The topological polar surface area (TPSA) is 62.2 Å². The predicted octanol–water partition coefficient (Wildman–Crippen LogP) is 3.93. The highest BCUT2D eigenvalue weighted by Gasteiger charge is 2.10. The molecule has 4 nitrogen and oxygen atoms in total. The summed E-state index contributed by atoms with van der Waals surface area (Å²) in [6, 6.07) is 0.489. The van der Waals surface area contributed by atoms with Crippen LogP contribution in [0, 0.1) is 0 Å². The van der Waals surface area contributed by atoms with Crippen LogP contribution in [-0.4, -0.2) is 22.1 Å². The zero-order valence-corrected chi connectivity index (χ0v) is 12.6.